The molecule has 0 aromatic heterocycles. The number of halogens is 2. The van der Waals surface area contributed by atoms with Crippen molar-refractivity contribution in [2.75, 3.05) is 19.6 Å². The first-order valence-corrected chi connectivity index (χ1v) is 7.20. The summed E-state index contributed by atoms with van der Waals surface area (Å²) >= 11 is 5.73. The lowest BCUT2D eigenvalue weighted by Gasteiger charge is -2.41. The van der Waals surface area contributed by atoms with Crippen LogP contribution in [0.5, 0.6) is 0 Å². The van der Waals surface area contributed by atoms with Gasteiger partial charge in [0.25, 0.3) is 0 Å². The van der Waals surface area contributed by atoms with Crippen LogP contribution in [0, 0.1) is 11.2 Å². The molecule has 0 spiro atoms. The average Bonchev–Trinajstić information content (AvgIpc) is 2.36. The van der Waals surface area contributed by atoms with Gasteiger partial charge in [0.2, 0.25) is 0 Å². The van der Waals surface area contributed by atoms with E-state index in [9.17, 15) is 4.39 Å². The Hall–Kier alpha value is -0.640. The number of hydrogen-bond acceptors (Lipinski definition) is 2. The number of rotatable bonds is 3. The van der Waals surface area contributed by atoms with Gasteiger partial charge in [-0.1, -0.05) is 31.5 Å². The van der Waals surface area contributed by atoms with Crippen LogP contribution in [0.1, 0.15) is 38.3 Å². The maximum atomic E-state index is 13.6. The van der Waals surface area contributed by atoms with Gasteiger partial charge in [-0.2, -0.15) is 0 Å². The molecule has 0 saturated carbocycles. The van der Waals surface area contributed by atoms with E-state index in [-0.39, 0.29) is 16.9 Å². The van der Waals surface area contributed by atoms with Crippen LogP contribution in [-0.4, -0.2) is 24.5 Å². The van der Waals surface area contributed by atoms with Crippen molar-refractivity contribution in [3.63, 3.8) is 0 Å². The van der Waals surface area contributed by atoms with Crippen molar-refractivity contribution in [1.29, 1.82) is 0 Å². The van der Waals surface area contributed by atoms with Gasteiger partial charge in [0, 0.05) is 12.6 Å². The Morgan fingerprint density at radius 2 is 2.00 bits per heavy atom. The molecule has 1 aromatic carbocycles. The van der Waals surface area contributed by atoms with Gasteiger partial charge in [-0.15, -0.1) is 0 Å². The first kappa shape index (κ1) is 14.8. The largest absolute Gasteiger partial charge is 0.329 e. The smallest absolute Gasteiger partial charge is 0.142 e. The topological polar surface area (TPSA) is 29.3 Å². The van der Waals surface area contributed by atoms with Crippen molar-refractivity contribution in [2.45, 2.75) is 32.7 Å². The summed E-state index contributed by atoms with van der Waals surface area (Å²) in [7, 11) is 0. The lowest BCUT2D eigenvalue weighted by molar-refractivity contribution is 0.0963. The Morgan fingerprint density at radius 3 is 2.53 bits per heavy atom. The van der Waals surface area contributed by atoms with E-state index in [4.69, 9.17) is 17.3 Å². The molecule has 1 unspecified atom stereocenters. The van der Waals surface area contributed by atoms with Gasteiger partial charge in [0.1, 0.15) is 5.82 Å². The Balaban J connectivity index is 2.14. The second kappa shape index (κ2) is 5.78. The van der Waals surface area contributed by atoms with Crippen LogP contribution < -0.4 is 5.73 Å². The second-order valence-electron chi connectivity index (χ2n) is 6.13. The molecule has 1 aromatic rings. The van der Waals surface area contributed by atoms with Crippen molar-refractivity contribution in [3.8, 4) is 0 Å². The van der Waals surface area contributed by atoms with Crippen molar-refractivity contribution in [3.05, 3.63) is 34.6 Å². The quantitative estimate of drug-likeness (QED) is 0.919. The molecule has 1 heterocycles. The molecule has 4 heteroatoms. The molecule has 2 N–H and O–H groups in total. The minimum absolute atomic E-state index is 0.0860. The SMILES string of the molecule is CC1(C)CCN(C(CN)c2ccc(Cl)c(F)c2)CC1. The Bertz CT molecular complexity index is 438. The molecule has 19 heavy (non-hydrogen) atoms. The van der Waals surface area contributed by atoms with Crippen LogP contribution in [0.3, 0.4) is 0 Å². The lowest BCUT2D eigenvalue weighted by Crippen LogP contribution is -2.42. The molecule has 106 valence electrons. The molecule has 1 aliphatic rings. The standard InChI is InChI=1S/C15H22ClFN2/c1-15(2)5-7-19(8-6-15)14(10-18)11-3-4-12(16)13(17)9-11/h3-4,9,14H,5-8,10,18H2,1-2H3. The molecule has 2 rings (SSSR count). The number of likely N-dealkylation sites (tertiary alicyclic amines) is 1. The third-order valence-corrected chi connectivity index (χ3v) is 4.45. The summed E-state index contributed by atoms with van der Waals surface area (Å²) in [4.78, 5) is 2.36. The number of hydrogen-bond donors (Lipinski definition) is 1. The van der Waals surface area contributed by atoms with Gasteiger partial charge < -0.3 is 5.73 Å². The van der Waals surface area contributed by atoms with Crippen molar-refractivity contribution >= 4 is 11.6 Å². The fourth-order valence-electron chi connectivity index (χ4n) is 2.66. The minimum atomic E-state index is -0.366. The summed E-state index contributed by atoms with van der Waals surface area (Å²) in [6.45, 7) is 7.12. The van der Waals surface area contributed by atoms with Crippen molar-refractivity contribution in [2.24, 2.45) is 11.1 Å². The number of piperidine rings is 1. The number of benzene rings is 1. The normalized spacial score (nSPS) is 21.3. The highest BCUT2D eigenvalue weighted by molar-refractivity contribution is 6.30. The Kier molecular flexibility index (Phi) is 4.49. The molecule has 1 atom stereocenters. The Morgan fingerprint density at radius 1 is 1.37 bits per heavy atom. The van der Waals surface area contributed by atoms with E-state index >= 15 is 0 Å². The van der Waals surface area contributed by atoms with Crippen LogP contribution >= 0.6 is 11.6 Å². The summed E-state index contributed by atoms with van der Waals surface area (Å²) in [5.74, 6) is -0.366. The first-order chi connectivity index (χ1) is 8.93. The third-order valence-electron chi connectivity index (χ3n) is 4.14. The number of nitrogens with zero attached hydrogens (tertiary/aromatic N) is 1. The lowest BCUT2D eigenvalue weighted by atomic mass is 9.82. The monoisotopic (exact) mass is 284 g/mol. The van der Waals surface area contributed by atoms with Crippen LogP contribution in [0.2, 0.25) is 5.02 Å². The van der Waals surface area contributed by atoms with Gasteiger partial charge in [0.15, 0.2) is 0 Å². The molecule has 0 amide bonds. The molecular weight excluding hydrogens is 263 g/mol. The molecular formula is C15H22ClFN2. The highest BCUT2D eigenvalue weighted by atomic mass is 35.5. The Labute approximate surface area is 119 Å². The van der Waals surface area contributed by atoms with Crippen molar-refractivity contribution < 1.29 is 4.39 Å². The van der Waals surface area contributed by atoms with E-state index in [0.29, 0.717) is 12.0 Å². The van der Waals surface area contributed by atoms with Crippen LogP contribution in [0.25, 0.3) is 0 Å². The van der Waals surface area contributed by atoms with Gasteiger partial charge in [-0.25, -0.2) is 4.39 Å². The predicted octanol–water partition coefficient (Wildman–Crippen LogP) is 3.60. The van der Waals surface area contributed by atoms with Crippen molar-refractivity contribution in [1.82, 2.24) is 4.90 Å². The van der Waals surface area contributed by atoms with Gasteiger partial charge in [0.05, 0.1) is 5.02 Å². The summed E-state index contributed by atoms with van der Waals surface area (Å²) in [5, 5.41) is 0.166. The molecule has 0 bridgehead atoms. The molecule has 1 aliphatic heterocycles. The average molecular weight is 285 g/mol. The second-order valence-corrected chi connectivity index (χ2v) is 6.53. The van der Waals surface area contributed by atoms with Gasteiger partial charge >= 0.3 is 0 Å². The predicted molar refractivity (Wildman–Crippen MR) is 77.8 cm³/mol. The van der Waals surface area contributed by atoms with Gasteiger partial charge in [-0.05, 0) is 49.0 Å². The number of nitrogens with two attached hydrogens (primary N) is 1. The zero-order chi connectivity index (χ0) is 14.0. The zero-order valence-corrected chi connectivity index (χ0v) is 12.4. The van der Waals surface area contributed by atoms with Crippen LogP contribution in [0.15, 0.2) is 18.2 Å². The highest BCUT2D eigenvalue weighted by Crippen LogP contribution is 2.34. The maximum Gasteiger partial charge on any atom is 0.142 e. The molecule has 0 aliphatic carbocycles. The zero-order valence-electron chi connectivity index (χ0n) is 11.6. The van der Waals surface area contributed by atoms with Gasteiger partial charge in [-0.3, -0.25) is 4.90 Å². The van der Waals surface area contributed by atoms with E-state index in [1.807, 2.05) is 6.07 Å². The molecule has 1 fully saturated rings. The highest BCUT2D eigenvalue weighted by Gasteiger charge is 2.29. The fourth-order valence-corrected chi connectivity index (χ4v) is 2.77. The van der Waals surface area contributed by atoms with E-state index in [0.717, 1.165) is 31.5 Å². The summed E-state index contributed by atoms with van der Waals surface area (Å²) in [6.07, 6.45) is 2.30. The molecule has 2 nitrogen and oxygen atoms in total. The van der Waals surface area contributed by atoms with E-state index < -0.39 is 0 Å². The third kappa shape index (κ3) is 3.47. The maximum absolute atomic E-state index is 13.6. The molecule has 1 saturated heterocycles. The minimum Gasteiger partial charge on any atom is -0.329 e. The summed E-state index contributed by atoms with van der Waals surface area (Å²) in [6, 6.07) is 5.09. The fraction of sp³-hybridized carbons (Fsp3) is 0.600. The first-order valence-electron chi connectivity index (χ1n) is 6.82. The van der Waals surface area contributed by atoms with E-state index in [2.05, 4.69) is 18.7 Å². The van der Waals surface area contributed by atoms with E-state index in [1.165, 1.54) is 6.07 Å². The summed E-state index contributed by atoms with van der Waals surface area (Å²) in [5.41, 5.74) is 7.22. The van der Waals surface area contributed by atoms with E-state index in [1.54, 1.807) is 6.07 Å². The summed E-state index contributed by atoms with van der Waals surface area (Å²) < 4.78 is 13.6. The van der Waals surface area contributed by atoms with Crippen LogP contribution in [-0.2, 0) is 0 Å². The molecule has 0 radical (unpaired) electrons. The van der Waals surface area contributed by atoms with Crippen LogP contribution in [0.4, 0.5) is 4.39 Å².